The SMILES string of the molecule is CS(C)(C)c1cccc(-c2ccc(-n3c4ccccc4c4ccccc43)c(-c3nc(-c4ccccc4)nc(-c4ccccc4)n3)c2)c1. The van der Waals surface area contributed by atoms with E-state index in [0.29, 0.717) is 17.5 Å². The molecule has 6 aromatic carbocycles. The molecule has 0 aliphatic carbocycles. The molecular weight excluding hydrogens is 593 g/mol. The molecule has 8 aromatic rings. The fraction of sp³-hybridized carbons (Fsp3) is 0.0714. The van der Waals surface area contributed by atoms with Crippen molar-refractivity contribution in [3.8, 4) is 51.0 Å². The molecule has 5 heteroatoms. The van der Waals surface area contributed by atoms with Crippen LogP contribution in [0.15, 0.2) is 157 Å². The number of rotatable bonds is 6. The summed E-state index contributed by atoms with van der Waals surface area (Å²) >= 11 is 0. The maximum absolute atomic E-state index is 5.19. The van der Waals surface area contributed by atoms with Crippen LogP contribution in [0, 0.1) is 0 Å². The zero-order valence-corrected chi connectivity index (χ0v) is 27.4. The molecule has 0 amide bonds. The van der Waals surface area contributed by atoms with Gasteiger partial charge in [0.15, 0.2) is 17.5 Å². The molecule has 0 saturated carbocycles. The number of benzene rings is 6. The zero-order chi connectivity index (χ0) is 32.0. The third-order valence-electron chi connectivity index (χ3n) is 8.63. The van der Waals surface area contributed by atoms with Crippen LogP contribution in [0.4, 0.5) is 0 Å². The standard InChI is InChI=1S/C42H34N4S/c1-47(2,3)33-20-14-19-31(27-33)32-25-26-39(46-37-23-12-10-21-34(37)35-22-11-13-24-38(35)46)36(28-32)42-44-40(29-15-6-4-7-16-29)43-41(45-42)30-17-8-5-9-18-30/h4-28H,1-3H3. The second-order valence-electron chi connectivity index (χ2n) is 12.5. The van der Waals surface area contributed by atoms with Gasteiger partial charge >= 0.3 is 0 Å². The van der Waals surface area contributed by atoms with E-state index in [1.54, 1.807) is 0 Å². The van der Waals surface area contributed by atoms with Gasteiger partial charge in [0.2, 0.25) is 0 Å². The summed E-state index contributed by atoms with van der Waals surface area (Å²) in [5.74, 6) is 1.92. The average molecular weight is 627 g/mol. The minimum absolute atomic E-state index is 0.633. The molecule has 2 aromatic heterocycles. The lowest BCUT2D eigenvalue weighted by Gasteiger charge is -2.26. The number of fused-ring (bicyclic) bond motifs is 3. The van der Waals surface area contributed by atoms with Crippen molar-refractivity contribution in [1.29, 1.82) is 0 Å². The van der Waals surface area contributed by atoms with Crippen LogP contribution in [0.2, 0.25) is 0 Å². The Kier molecular flexibility index (Phi) is 7.19. The van der Waals surface area contributed by atoms with Crippen molar-refractivity contribution >= 4 is 31.8 Å². The summed E-state index contributed by atoms with van der Waals surface area (Å²) in [6.45, 7) is 0. The average Bonchev–Trinajstić information content (AvgIpc) is 3.46. The third kappa shape index (κ3) is 5.39. The van der Waals surface area contributed by atoms with Gasteiger partial charge in [0.25, 0.3) is 0 Å². The lowest BCUT2D eigenvalue weighted by atomic mass is 10.0. The Morgan fingerprint density at radius 3 is 1.49 bits per heavy atom. The highest BCUT2D eigenvalue weighted by molar-refractivity contribution is 8.32. The summed E-state index contributed by atoms with van der Waals surface area (Å²) in [4.78, 5) is 16.7. The van der Waals surface area contributed by atoms with Crippen LogP contribution in [0.5, 0.6) is 0 Å². The van der Waals surface area contributed by atoms with Gasteiger partial charge in [-0.25, -0.2) is 25.0 Å². The van der Waals surface area contributed by atoms with E-state index in [0.717, 1.165) is 39.0 Å². The Balaban J connectivity index is 1.44. The minimum Gasteiger partial charge on any atom is -0.309 e. The topological polar surface area (TPSA) is 43.6 Å². The second-order valence-corrected chi connectivity index (χ2v) is 16.7. The summed E-state index contributed by atoms with van der Waals surface area (Å²) in [5.41, 5.74) is 8.45. The number of para-hydroxylation sites is 2. The monoisotopic (exact) mass is 626 g/mol. The maximum Gasteiger partial charge on any atom is 0.166 e. The lowest BCUT2D eigenvalue weighted by Crippen LogP contribution is -2.04. The van der Waals surface area contributed by atoms with E-state index in [1.807, 2.05) is 36.4 Å². The molecule has 47 heavy (non-hydrogen) atoms. The van der Waals surface area contributed by atoms with Gasteiger partial charge in [-0.2, -0.15) is 0 Å². The molecule has 0 aliphatic rings. The van der Waals surface area contributed by atoms with E-state index in [-0.39, 0.29) is 0 Å². The van der Waals surface area contributed by atoms with Crippen LogP contribution in [-0.4, -0.2) is 38.3 Å². The summed E-state index contributed by atoms with van der Waals surface area (Å²) < 4.78 is 2.35. The predicted molar refractivity (Wildman–Crippen MR) is 200 cm³/mol. The molecule has 0 bridgehead atoms. The molecule has 0 N–H and O–H groups in total. The second kappa shape index (κ2) is 11.7. The molecule has 8 rings (SSSR count). The first-order valence-corrected chi connectivity index (χ1v) is 18.6. The van der Waals surface area contributed by atoms with Crippen LogP contribution in [0.1, 0.15) is 0 Å². The van der Waals surface area contributed by atoms with Gasteiger partial charge in [0.1, 0.15) is 0 Å². The van der Waals surface area contributed by atoms with Crippen LogP contribution in [-0.2, 0) is 0 Å². The van der Waals surface area contributed by atoms with Gasteiger partial charge in [0.05, 0.1) is 16.7 Å². The fourth-order valence-corrected chi connectivity index (χ4v) is 7.22. The van der Waals surface area contributed by atoms with Crippen molar-refractivity contribution in [1.82, 2.24) is 19.5 Å². The summed E-state index contributed by atoms with van der Waals surface area (Å²) in [7, 11) is -0.897. The normalized spacial score (nSPS) is 12.1. The largest absolute Gasteiger partial charge is 0.309 e. The van der Waals surface area contributed by atoms with Crippen LogP contribution < -0.4 is 0 Å². The molecule has 0 atom stereocenters. The number of nitrogens with zero attached hydrogens (tertiary/aromatic N) is 4. The Hall–Kier alpha value is -5.52. The number of hydrogen-bond donors (Lipinski definition) is 0. The van der Waals surface area contributed by atoms with E-state index in [2.05, 4.69) is 139 Å². The highest BCUT2D eigenvalue weighted by Crippen LogP contribution is 2.46. The molecule has 228 valence electrons. The van der Waals surface area contributed by atoms with Crippen molar-refractivity contribution in [2.45, 2.75) is 4.90 Å². The Morgan fingerprint density at radius 2 is 0.915 bits per heavy atom. The number of hydrogen-bond acceptors (Lipinski definition) is 3. The van der Waals surface area contributed by atoms with Gasteiger partial charge in [-0.15, -0.1) is 0 Å². The van der Waals surface area contributed by atoms with Gasteiger partial charge in [-0.1, -0.05) is 121 Å². The molecule has 0 radical (unpaired) electrons. The van der Waals surface area contributed by atoms with E-state index in [9.17, 15) is 0 Å². The zero-order valence-electron chi connectivity index (χ0n) is 26.6. The quantitative estimate of drug-likeness (QED) is 0.184. The highest BCUT2D eigenvalue weighted by Gasteiger charge is 2.20. The first-order chi connectivity index (χ1) is 22.9. The fourth-order valence-electron chi connectivity index (χ4n) is 6.26. The Bertz CT molecular complexity index is 2280. The molecule has 4 nitrogen and oxygen atoms in total. The molecular formula is C42H34N4S. The summed E-state index contributed by atoms with van der Waals surface area (Å²) in [6.07, 6.45) is 7.01. The van der Waals surface area contributed by atoms with Gasteiger partial charge in [-0.05, 0) is 65.1 Å². The van der Waals surface area contributed by atoms with Gasteiger partial charge in [0, 0.05) is 27.5 Å². The first kappa shape index (κ1) is 28.9. The van der Waals surface area contributed by atoms with E-state index < -0.39 is 10.0 Å². The minimum atomic E-state index is -0.897. The Labute approximate surface area is 276 Å². The predicted octanol–water partition coefficient (Wildman–Crippen LogP) is 10.7. The van der Waals surface area contributed by atoms with Crippen LogP contribution >= 0.6 is 10.0 Å². The molecule has 2 heterocycles. The van der Waals surface area contributed by atoms with Crippen molar-refractivity contribution in [3.63, 3.8) is 0 Å². The lowest BCUT2D eigenvalue weighted by molar-refractivity contribution is 1.06. The molecule has 0 unspecified atom stereocenters. The van der Waals surface area contributed by atoms with Crippen molar-refractivity contribution in [2.24, 2.45) is 0 Å². The van der Waals surface area contributed by atoms with Gasteiger partial charge < -0.3 is 4.57 Å². The van der Waals surface area contributed by atoms with Crippen molar-refractivity contribution in [2.75, 3.05) is 18.8 Å². The third-order valence-corrected chi connectivity index (χ3v) is 10.3. The molecule has 0 aliphatic heterocycles. The van der Waals surface area contributed by atoms with Crippen molar-refractivity contribution in [3.05, 3.63) is 152 Å². The first-order valence-electron chi connectivity index (χ1n) is 15.7. The van der Waals surface area contributed by atoms with E-state index in [4.69, 9.17) is 15.0 Å². The Morgan fingerprint density at radius 1 is 0.426 bits per heavy atom. The number of aromatic nitrogens is 4. The summed E-state index contributed by atoms with van der Waals surface area (Å²) in [6, 6.07) is 53.2. The van der Waals surface area contributed by atoms with E-state index >= 15 is 0 Å². The molecule has 0 saturated heterocycles. The molecule has 0 fully saturated rings. The van der Waals surface area contributed by atoms with Crippen molar-refractivity contribution < 1.29 is 0 Å². The maximum atomic E-state index is 5.19. The molecule has 0 spiro atoms. The van der Waals surface area contributed by atoms with Gasteiger partial charge in [-0.3, -0.25) is 0 Å². The summed E-state index contributed by atoms with van der Waals surface area (Å²) in [5, 5.41) is 2.43. The van der Waals surface area contributed by atoms with E-state index in [1.165, 1.54) is 21.2 Å². The van der Waals surface area contributed by atoms with Crippen LogP contribution in [0.3, 0.4) is 0 Å². The highest BCUT2D eigenvalue weighted by atomic mass is 32.3. The van der Waals surface area contributed by atoms with Crippen LogP contribution in [0.25, 0.3) is 72.8 Å². The smallest absolute Gasteiger partial charge is 0.166 e.